The molecule has 3 atom stereocenters. The van der Waals surface area contributed by atoms with Crippen LogP contribution in [0.25, 0.3) is 10.9 Å². The first kappa shape index (κ1) is 14.8. The van der Waals surface area contributed by atoms with Crippen LogP contribution < -0.4 is 0 Å². The number of carbonyl (C=O) groups excluding carboxylic acids is 2. The highest BCUT2D eigenvalue weighted by atomic mass is 16.3. The second kappa shape index (κ2) is 4.34. The number of fused-ring (bicyclic) bond motifs is 4. The van der Waals surface area contributed by atoms with Gasteiger partial charge >= 0.3 is 0 Å². The highest BCUT2D eigenvalue weighted by Gasteiger charge is 2.64. The number of ketones is 1. The molecular weight excluding hydrogens is 316 g/mol. The minimum absolute atomic E-state index is 0.0352. The van der Waals surface area contributed by atoms with E-state index in [2.05, 4.69) is 11.1 Å². The molecule has 5 heteroatoms. The van der Waals surface area contributed by atoms with Crippen LogP contribution in [0.4, 0.5) is 0 Å². The van der Waals surface area contributed by atoms with E-state index in [1.807, 2.05) is 32.2 Å². The third kappa shape index (κ3) is 1.54. The van der Waals surface area contributed by atoms with Gasteiger partial charge in [0, 0.05) is 28.6 Å². The van der Waals surface area contributed by atoms with Crippen molar-refractivity contribution in [2.45, 2.75) is 44.7 Å². The Kier molecular flexibility index (Phi) is 2.56. The second-order valence-electron chi connectivity index (χ2n) is 8.02. The zero-order valence-electron chi connectivity index (χ0n) is 14.5. The number of aliphatic hydroxyl groups is 1. The summed E-state index contributed by atoms with van der Waals surface area (Å²) in [5.41, 5.74) is 2.99. The molecule has 25 heavy (non-hydrogen) atoms. The number of benzene rings is 1. The largest absolute Gasteiger partial charge is 0.512 e. The maximum Gasteiger partial charge on any atom is 0.262 e. The van der Waals surface area contributed by atoms with Gasteiger partial charge in [-0.15, -0.1) is 0 Å². The van der Waals surface area contributed by atoms with E-state index in [9.17, 15) is 14.7 Å². The minimum Gasteiger partial charge on any atom is -0.512 e. The molecule has 0 unspecified atom stereocenters. The van der Waals surface area contributed by atoms with Gasteiger partial charge in [0.1, 0.15) is 17.4 Å². The van der Waals surface area contributed by atoms with Crippen molar-refractivity contribution in [1.29, 1.82) is 0 Å². The summed E-state index contributed by atoms with van der Waals surface area (Å²) in [5, 5.41) is 11.1. The van der Waals surface area contributed by atoms with Crippen LogP contribution in [-0.4, -0.2) is 38.3 Å². The van der Waals surface area contributed by atoms with Crippen LogP contribution in [0.5, 0.6) is 0 Å². The number of H-pyrrole nitrogens is 1. The molecule has 5 rings (SSSR count). The number of amides is 1. The van der Waals surface area contributed by atoms with Crippen molar-refractivity contribution in [1.82, 2.24) is 9.88 Å². The molecule has 1 aromatic carbocycles. The van der Waals surface area contributed by atoms with Gasteiger partial charge in [0.25, 0.3) is 5.91 Å². The summed E-state index contributed by atoms with van der Waals surface area (Å²) in [5.74, 6) is -0.594. The molecule has 0 saturated carbocycles. The molecule has 2 fully saturated rings. The quantitative estimate of drug-likeness (QED) is 0.441. The molecule has 2 saturated heterocycles. The lowest BCUT2D eigenvalue weighted by Crippen LogP contribution is -2.46. The van der Waals surface area contributed by atoms with Crippen molar-refractivity contribution in [3.63, 3.8) is 0 Å². The number of aliphatic hydroxyl groups excluding tert-OH is 1. The van der Waals surface area contributed by atoms with Crippen molar-refractivity contribution < 1.29 is 14.7 Å². The van der Waals surface area contributed by atoms with Crippen LogP contribution in [0.3, 0.4) is 0 Å². The number of hydrogen-bond acceptors (Lipinski definition) is 3. The first-order valence-electron chi connectivity index (χ1n) is 8.70. The smallest absolute Gasteiger partial charge is 0.262 e. The number of aromatic amines is 1. The maximum atomic E-state index is 13.0. The Hall–Kier alpha value is -2.56. The van der Waals surface area contributed by atoms with Crippen molar-refractivity contribution >= 4 is 22.6 Å². The molecule has 1 aromatic heterocycles. The van der Waals surface area contributed by atoms with Crippen LogP contribution in [0.2, 0.25) is 0 Å². The van der Waals surface area contributed by atoms with Crippen LogP contribution in [0, 0.1) is 5.92 Å². The predicted molar refractivity (Wildman–Crippen MR) is 93.3 cm³/mol. The van der Waals surface area contributed by atoms with E-state index in [0.717, 1.165) is 17.5 Å². The SMILES string of the molecule is C/C(O)=C1\C(=O)[C@@H]2[C@@H]3c4c[nH]c5cccc(c45)C[C@@H]3C(C)(C)N2C1=O. The van der Waals surface area contributed by atoms with E-state index in [1.54, 1.807) is 4.90 Å². The predicted octanol–water partition coefficient (Wildman–Crippen LogP) is 2.83. The molecule has 5 nitrogen and oxygen atoms in total. The monoisotopic (exact) mass is 336 g/mol. The molecule has 2 aromatic rings. The Morgan fingerprint density at radius 1 is 1.32 bits per heavy atom. The molecule has 3 aliphatic rings. The Morgan fingerprint density at radius 2 is 2.08 bits per heavy atom. The number of nitrogens with one attached hydrogen (secondary N) is 1. The van der Waals surface area contributed by atoms with Crippen molar-refractivity contribution in [3.05, 3.63) is 46.9 Å². The summed E-state index contributed by atoms with van der Waals surface area (Å²) >= 11 is 0. The fraction of sp³-hybridized carbons (Fsp3) is 0.400. The fourth-order valence-electron chi connectivity index (χ4n) is 5.45. The van der Waals surface area contributed by atoms with E-state index in [-0.39, 0.29) is 34.9 Å². The molecule has 128 valence electrons. The van der Waals surface area contributed by atoms with Crippen molar-refractivity contribution in [2.24, 2.45) is 5.92 Å². The third-order valence-electron chi connectivity index (χ3n) is 6.51. The molecule has 2 N–H and O–H groups in total. The molecule has 1 aliphatic carbocycles. The van der Waals surface area contributed by atoms with E-state index >= 15 is 0 Å². The number of nitrogens with zero attached hydrogens (tertiary/aromatic N) is 1. The summed E-state index contributed by atoms with van der Waals surface area (Å²) in [6.07, 6.45) is 2.85. The molecule has 0 radical (unpaired) electrons. The van der Waals surface area contributed by atoms with E-state index in [4.69, 9.17) is 0 Å². The Bertz CT molecular complexity index is 994. The number of hydrogen-bond donors (Lipinski definition) is 2. The normalized spacial score (nSPS) is 31.5. The Balaban J connectivity index is 1.78. The van der Waals surface area contributed by atoms with Gasteiger partial charge in [0.2, 0.25) is 0 Å². The minimum atomic E-state index is -0.517. The average molecular weight is 336 g/mol. The van der Waals surface area contributed by atoms with Gasteiger partial charge in [-0.2, -0.15) is 0 Å². The molecule has 2 aliphatic heterocycles. The van der Waals surface area contributed by atoms with Gasteiger partial charge in [-0.3, -0.25) is 9.59 Å². The Morgan fingerprint density at radius 3 is 2.80 bits per heavy atom. The molecule has 0 bridgehead atoms. The maximum absolute atomic E-state index is 13.0. The topological polar surface area (TPSA) is 73.4 Å². The van der Waals surface area contributed by atoms with Gasteiger partial charge in [-0.05, 0) is 50.3 Å². The van der Waals surface area contributed by atoms with E-state index < -0.39 is 11.6 Å². The van der Waals surface area contributed by atoms with E-state index in [0.29, 0.717) is 0 Å². The lowest BCUT2D eigenvalue weighted by molar-refractivity contribution is -0.130. The summed E-state index contributed by atoms with van der Waals surface area (Å²) < 4.78 is 0. The van der Waals surface area contributed by atoms with Gasteiger partial charge < -0.3 is 15.0 Å². The van der Waals surface area contributed by atoms with Crippen LogP contribution in [0.1, 0.15) is 37.8 Å². The van der Waals surface area contributed by atoms with Crippen molar-refractivity contribution in [3.8, 4) is 0 Å². The third-order valence-corrected chi connectivity index (χ3v) is 6.51. The van der Waals surface area contributed by atoms with Crippen LogP contribution in [0.15, 0.2) is 35.7 Å². The summed E-state index contributed by atoms with van der Waals surface area (Å²) in [6, 6.07) is 5.72. The second-order valence-corrected chi connectivity index (χ2v) is 8.02. The first-order chi connectivity index (χ1) is 11.8. The summed E-state index contributed by atoms with van der Waals surface area (Å²) in [7, 11) is 0. The fourth-order valence-corrected chi connectivity index (χ4v) is 5.45. The standard InChI is InChI=1S/C20H20N2O3/c1-9(23)14-18(24)17-16-11-8-21-13-6-4-5-10(15(11)13)7-12(16)20(2,3)22(17)19(14)25/h4-6,8,12,16-17,21,23H,7H2,1-3H3/b14-9-/t12-,16+,17-/m0/s1. The summed E-state index contributed by atoms with van der Waals surface area (Å²) in [4.78, 5) is 31.0. The van der Waals surface area contributed by atoms with Gasteiger partial charge in [-0.1, -0.05) is 12.1 Å². The van der Waals surface area contributed by atoms with Gasteiger partial charge in [0.15, 0.2) is 5.78 Å². The van der Waals surface area contributed by atoms with E-state index in [1.165, 1.54) is 17.9 Å². The lowest BCUT2D eigenvalue weighted by Gasteiger charge is -2.37. The number of aromatic nitrogens is 1. The Labute approximate surface area is 145 Å². The summed E-state index contributed by atoms with van der Waals surface area (Å²) in [6.45, 7) is 5.51. The molecular formula is C20H20N2O3. The zero-order chi connectivity index (χ0) is 17.7. The highest BCUT2D eigenvalue weighted by Crippen LogP contribution is 2.57. The zero-order valence-corrected chi connectivity index (χ0v) is 14.5. The van der Waals surface area contributed by atoms with Crippen molar-refractivity contribution in [2.75, 3.05) is 0 Å². The molecule has 3 heterocycles. The van der Waals surface area contributed by atoms with Crippen LogP contribution in [-0.2, 0) is 16.0 Å². The molecule has 0 spiro atoms. The van der Waals surface area contributed by atoms with Crippen LogP contribution >= 0.6 is 0 Å². The number of Topliss-reactive ketones (excluding diaryl/α,β-unsaturated/α-hetero) is 1. The highest BCUT2D eigenvalue weighted by molar-refractivity contribution is 6.27. The molecule has 1 amide bonds. The van der Waals surface area contributed by atoms with Gasteiger partial charge in [-0.25, -0.2) is 0 Å². The van der Waals surface area contributed by atoms with Gasteiger partial charge in [0.05, 0.1) is 0 Å². The number of rotatable bonds is 0. The first-order valence-corrected chi connectivity index (χ1v) is 8.70. The number of carbonyl (C=O) groups is 2. The number of allylic oxidation sites excluding steroid dienone is 1. The lowest BCUT2D eigenvalue weighted by atomic mass is 9.69. The average Bonchev–Trinajstić information content (AvgIpc) is 3.14.